The van der Waals surface area contributed by atoms with Crippen molar-refractivity contribution in [2.75, 3.05) is 5.75 Å². The number of sulfone groups is 1. The zero-order chi connectivity index (χ0) is 14.0. The van der Waals surface area contributed by atoms with Crippen LogP contribution >= 0.6 is 15.9 Å². The maximum absolute atomic E-state index is 12.2. The highest BCUT2D eigenvalue weighted by molar-refractivity contribution is 9.08. The van der Waals surface area contributed by atoms with Crippen LogP contribution in [0.1, 0.15) is 50.0 Å². The van der Waals surface area contributed by atoms with E-state index in [1.165, 1.54) is 0 Å². The molecule has 0 saturated carbocycles. The zero-order valence-electron chi connectivity index (χ0n) is 11.3. The van der Waals surface area contributed by atoms with Gasteiger partial charge in [0.2, 0.25) is 0 Å². The Labute approximate surface area is 122 Å². The van der Waals surface area contributed by atoms with E-state index in [1.807, 2.05) is 4.57 Å². The van der Waals surface area contributed by atoms with Crippen LogP contribution in [0.15, 0.2) is 0 Å². The van der Waals surface area contributed by atoms with E-state index in [9.17, 15) is 8.42 Å². The normalized spacial score (nSPS) is 22.8. The Morgan fingerprint density at radius 3 is 2.68 bits per heavy atom. The fraction of sp³-hybridized carbons (Fsp3) is 0.833. The predicted octanol–water partition coefficient (Wildman–Crippen LogP) is 2.47. The molecular formula is C12H20BrN3O2S. The molecule has 0 radical (unpaired) electrons. The molecule has 1 saturated heterocycles. The minimum atomic E-state index is -3.07. The van der Waals surface area contributed by atoms with Crippen LogP contribution in [0.2, 0.25) is 0 Å². The molecule has 0 spiro atoms. The second-order valence-corrected chi connectivity index (χ2v) is 8.33. The second-order valence-electron chi connectivity index (χ2n) is 5.46. The minimum absolute atomic E-state index is 0.274. The predicted molar refractivity (Wildman–Crippen MR) is 77.9 cm³/mol. The number of hydrogen-bond acceptors (Lipinski definition) is 4. The minimum Gasteiger partial charge on any atom is -0.313 e. The van der Waals surface area contributed by atoms with Gasteiger partial charge in [0.25, 0.3) is 0 Å². The Kier molecular flexibility index (Phi) is 4.66. The highest BCUT2D eigenvalue weighted by Crippen LogP contribution is 2.33. The molecular weight excluding hydrogens is 330 g/mol. The van der Waals surface area contributed by atoms with E-state index in [1.54, 1.807) is 0 Å². The van der Waals surface area contributed by atoms with Crippen molar-refractivity contribution < 1.29 is 8.42 Å². The van der Waals surface area contributed by atoms with E-state index in [-0.39, 0.29) is 5.75 Å². The quantitative estimate of drug-likeness (QED) is 0.783. The Hall–Kier alpha value is -0.430. The van der Waals surface area contributed by atoms with Gasteiger partial charge in [-0.3, -0.25) is 0 Å². The van der Waals surface area contributed by atoms with Gasteiger partial charge in [-0.25, -0.2) is 8.42 Å². The van der Waals surface area contributed by atoms with Gasteiger partial charge < -0.3 is 4.57 Å². The maximum Gasteiger partial charge on any atom is 0.160 e. The smallest absolute Gasteiger partial charge is 0.160 e. The van der Waals surface area contributed by atoms with Crippen molar-refractivity contribution in [1.29, 1.82) is 0 Å². The van der Waals surface area contributed by atoms with Gasteiger partial charge >= 0.3 is 0 Å². The number of nitrogens with zero attached hydrogens (tertiary/aromatic N) is 3. The lowest BCUT2D eigenvalue weighted by Crippen LogP contribution is -2.25. The Morgan fingerprint density at radius 2 is 2.11 bits per heavy atom. The standard InChI is InChI=1S/C12H20BrN3O2S/c1-9(2)8-16-11(7-13)14-15-12(16)10-5-3-4-6-19(10,17)18/h9-10H,3-8H2,1-2H3. The van der Waals surface area contributed by atoms with Crippen molar-refractivity contribution in [3.63, 3.8) is 0 Å². The first-order valence-corrected chi connectivity index (χ1v) is 9.49. The summed E-state index contributed by atoms with van der Waals surface area (Å²) in [5, 5.41) is 8.42. The Morgan fingerprint density at radius 1 is 1.37 bits per heavy atom. The highest BCUT2D eigenvalue weighted by Gasteiger charge is 2.34. The topological polar surface area (TPSA) is 64.8 Å². The molecule has 19 heavy (non-hydrogen) atoms. The lowest BCUT2D eigenvalue weighted by Gasteiger charge is -2.23. The highest BCUT2D eigenvalue weighted by atomic mass is 79.9. The second kappa shape index (κ2) is 5.91. The largest absolute Gasteiger partial charge is 0.313 e. The van der Waals surface area contributed by atoms with Crippen LogP contribution in [-0.2, 0) is 21.7 Å². The van der Waals surface area contributed by atoms with Crippen LogP contribution in [-0.4, -0.2) is 28.9 Å². The molecule has 5 nitrogen and oxygen atoms in total. The van der Waals surface area contributed by atoms with Crippen molar-refractivity contribution in [3.05, 3.63) is 11.6 Å². The Bertz CT molecular complexity index is 539. The average Bonchev–Trinajstić information content (AvgIpc) is 2.70. The van der Waals surface area contributed by atoms with Crippen molar-refractivity contribution in [3.8, 4) is 0 Å². The molecule has 1 atom stereocenters. The van der Waals surface area contributed by atoms with Crippen molar-refractivity contribution in [2.45, 2.75) is 50.2 Å². The maximum atomic E-state index is 12.2. The molecule has 1 unspecified atom stereocenters. The summed E-state index contributed by atoms with van der Waals surface area (Å²) in [6.45, 7) is 4.98. The molecule has 0 N–H and O–H groups in total. The lowest BCUT2D eigenvalue weighted by atomic mass is 10.1. The van der Waals surface area contributed by atoms with Crippen LogP contribution in [0.4, 0.5) is 0 Å². The first kappa shape index (κ1) is 15.0. The number of aromatic nitrogens is 3. The van der Waals surface area contributed by atoms with Crippen molar-refractivity contribution in [1.82, 2.24) is 14.8 Å². The molecule has 1 aliphatic heterocycles. The summed E-state index contributed by atoms with van der Waals surface area (Å²) in [7, 11) is -3.07. The number of alkyl halides is 1. The first-order chi connectivity index (χ1) is 8.95. The molecule has 7 heteroatoms. The fourth-order valence-corrected chi connectivity index (χ4v) is 4.82. The van der Waals surface area contributed by atoms with E-state index < -0.39 is 15.1 Å². The Balaban J connectivity index is 2.41. The lowest BCUT2D eigenvalue weighted by molar-refractivity contribution is 0.477. The zero-order valence-corrected chi connectivity index (χ0v) is 13.7. The van der Waals surface area contributed by atoms with Crippen LogP contribution in [0.3, 0.4) is 0 Å². The fourth-order valence-electron chi connectivity index (χ4n) is 2.49. The third-order valence-corrected chi connectivity index (χ3v) is 6.06. The van der Waals surface area contributed by atoms with Crippen LogP contribution in [0, 0.1) is 5.92 Å². The molecule has 1 aromatic heterocycles. The van der Waals surface area contributed by atoms with Gasteiger partial charge in [-0.1, -0.05) is 36.2 Å². The van der Waals surface area contributed by atoms with Gasteiger partial charge in [0.1, 0.15) is 11.1 Å². The number of halogens is 1. The van der Waals surface area contributed by atoms with Gasteiger partial charge in [0.05, 0.1) is 11.1 Å². The van der Waals surface area contributed by atoms with Gasteiger partial charge in [0, 0.05) is 6.54 Å². The number of rotatable bonds is 4. The molecule has 0 aliphatic carbocycles. The van der Waals surface area contributed by atoms with E-state index in [0.29, 0.717) is 23.5 Å². The summed E-state index contributed by atoms with van der Waals surface area (Å²) < 4.78 is 26.4. The third-order valence-electron chi connectivity index (χ3n) is 3.39. The monoisotopic (exact) mass is 349 g/mol. The SMILES string of the molecule is CC(C)Cn1c(CBr)nnc1C1CCCCS1(=O)=O. The molecule has 0 amide bonds. The van der Waals surface area contributed by atoms with E-state index in [4.69, 9.17) is 0 Å². The third kappa shape index (κ3) is 3.18. The molecule has 2 rings (SSSR count). The summed E-state index contributed by atoms with van der Waals surface area (Å²) in [4.78, 5) is 0. The van der Waals surface area contributed by atoms with Gasteiger partial charge in [-0.05, 0) is 18.8 Å². The van der Waals surface area contributed by atoms with E-state index in [0.717, 1.165) is 25.2 Å². The van der Waals surface area contributed by atoms with Gasteiger partial charge in [-0.2, -0.15) is 0 Å². The van der Waals surface area contributed by atoms with Crippen molar-refractivity contribution in [2.24, 2.45) is 5.92 Å². The van der Waals surface area contributed by atoms with Gasteiger partial charge in [0.15, 0.2) is 15.7 Å². The summed E-state index contributed by atoms with van der Waals surface area (Å²) in [5.74, 6) is 2.14. The molecule has 1 fully saturated rings. The summed E-state index contributed by atoms with van der Waals surface area (Å²) in [5.41, 5.74) is 0. The van der Waals surface area contributed by atoms with E-state index >= 15 is 0 Å². The van der Waals surface area contributed by atoms with Crippen LogP contribution in [0.25, 0.3) is 0 Å². The molecule has 108 valence electrons. The summed E-state index contributed by atoms with van der Waals surface area (Å²) in [6.07, 6.45) is 2.38. The molecule has 2 heterocycles. The number of hydrogen-bond donors (Lipinski definition) is 0. The first-order valence-electron chi connectivity index (χ1n) is 6.65. The van der Waals surface area contributed by atoms with Crippen molar-refractivity contribution >= 4 is 25.8 Å². The summed E-state index contributed by atoms with van der Waals surface area (Å²) in [6, 6.07) is 0. The molecule has 1 aliphatic rings. The molecule has 0 bridgehead atoms. The molecule has 0 aromatic carbocycles. The van der Waals surface area contributed by atoms with Crippen LogP contribution in [0.5, 0.6) is 0 Å². The molecule has 1 aromatic rings. The van der Waals surface area contributed by atoms with Gasteiger partial charge in [-0.15, -0.1) is 10.2 Å². The average molecular weight is 350 g/mol. The van der Waals surface area contributed by atoms with Crippen LogP contribution < -0.4 is 0 Å². The summed E-state index contributed by atoms with van der Waals surface area (Å²) >= 11 is 3.39. The van der Waals surface area contributed by atoms with E-state index in [2.05, 4.69) is 40.0 Å².